The number of Topliss-reactive ketones (excluding diaryl/α,β-unsaturated/α-hetero) is 1. The molecule has 2 heteroatoms. The van der Waals surface area contributed by atoms with Gasteiger partial charge in [-0.2, -0.15) is 0 Å². The summed E-state index contributed by atoms with van der Waals surface area (Å²) in [4.78, 5) is 15.1. The summed E-state index contributed by atoms with van der Waals surface area (Å²) in [6, 6.07) is 18.4. The summed E-state index contributed by atoms with van der Waals surface area (Å²) >= 11 is 0. The molecule has 2 aliphatic heterocycles. The van der Waals surface area contributed by atoms with Gasteiger partial charge in [0.2, 0.25) is 0 Å². The summed E-state index contributed by atoms with van der Waals surface area (Å²) in [5.74, 6) is 0.222. The molecule has 104 valence electrons. The molecule has 4 rings (SSSR count). The van der Waals surface area contributed by atoms with Crippen molar-refractivity contribution in [2.45, 2.75) is 19.0 Å². The van der Waals surface area contributed by atoms with Crippen molar-refractivity contribution in [1.82, 2.24) is 4.90 Å². The number of ketones is 1. The van der Waals surface area contributed by atoms with Crippen LogP contribution in [0.4, 0.5) is 0 Å². The van der Waals surface area contributed by atoms with Gasteiger partial charge < -0.3 is 0 Å². The largest absolute Gasteiger partial charge is 0.292 e. The third-order valence-corrected chi connectivity index (χ3v) is 4.78. The van der Waals surface area contributed by atoms with Gasteiger partial charge in [-0.05, 0) is 36.2 Å². The quantitative estimate of drug-likeness (QED) is 0.790. The van der Waals surface area contributed by atoms with E-state index in [0.717, 1.165) is 16.7 Å². The molecular weight excluding hydrogens is 258 g/mol. The summed E-state index contributed by atoms with van der Waals surface area (Å²) in [6.45, 7) is 2.17. The highest BCUT2D eigenvalue weighted by molar-refractivity contribution is 6.12. The molecule has 0 saturated carbocycles. The zero-order chi connectivity index (χ0) is 14.6. The van der Waals surface area contributed by atoms with Crippen molar-refractivity contribution in [3.05, 3.63) is 76.9 Å². The topological polar surface area (TPSA) is 20.3 Å². The Morgan fingerprint density at radius 2 is 1.57 bits per heavy atom. The number of rotatable bonds is 1. The molecule has 2 bridgehead atoms. The van der Waals surface area contributed by atoms with E-state index in [1.165, 1.54) is 11.1 Å². The number of nitrogens with zero attached hydrogens (tertiary/aromatic N) is 1. The lowest BCUT2D eigenvalue weighted by Gasteiger charge is -2.33. The van der Waals surface area contributed by atoms with Crippen molar-refractivity contribution >= 4 is 11.4 Å². The van der Waals surface area contributed by atoms with Crippen LogP contribution in [0.25, 0.3) is 5.57 Å². The van der Waals surface area contributed by atoms with Crippen LogP contribution in [0.5, 0.6) is 0 Å². The normalized spacial score (nSPS) is 24.4. The first kappa shape index (κ1) is 12.5. The highest BCUT2D eigenvalue weighted by atomic mass is 16.1. The first-order chi connectivity index (χ1) is 10.2. The van der Waals surface area contributed by atoms with E-state index in [1.807, 2.05) is 36.4 Å². The maximum atomic E-state index is 12.9. The summed E-state index contributed by atoms with van der Waals surface area (Å²) < 4.78 is 0. The summed E-state index contributed by atoms with van der Waals surface area (Å²) in [6.07, 6.45) is 0. The minimum absolute atomic E-state index is 0.146. The molecule has 2 aromatic rings. The summed E-state index contributed by atoms with van der Waals surface area (Å²) in [5, 5.41) is 0. The van der Waals surface area contributed by atoms with Crippen LogP contribution in [0, 0.1) is 0 Å². The smallest absolute Gasteiger partial charge is 0.184 e. The van der Waals surface area contributed by atoms with E-state index in [0.29, 0.717) is 0 Å². The number of hydrogen-bond donors (Lipinski definition) is 0. The van der Waals surface area contributed by atoms with Gasteiger partial charge in [-0.1, -0.05) is 54.6 Å². The van der Waals surface area contributed by atoms with Gasteiger partial charge in [0.25, 0.3) is 0 Å². The Labute approximate surface area is 124 Å². The van der Waals surface area contributed by atoms with Crippen LogP contribution >= 0.6 is 0 Å². The molecule has 0 N–H and O–H groups in total. The van der Waals surface area contributed by atoms with Crippen LogP contribution in [0.15, 0.2) is 60.2 Å². The molecule has 21 heavy (non-hydrogen) atoms. The van der Waals surface area contributed by atoms with Crippen LogP contribution in [0.2, 0.25) is 0 Å². The van der Waals surface area contributed by atoms with E-state index in [-0.39, 0.29) is 17.9 Å². The van der Waals surface area contributed by atoms with E-state index in [2.05, 4.69) is 37.1 Å². The molecule has 2 aromatic carbocycles. The molecule has 0 aromatic heterocycles. The fraction of sp³-hybridized carbons (Fsp3) is 0.211. The summed E-state index contributed by atoms with van der Waals surface area (Å²) in [7, 11) is 2.06. The van der Waals surface area contributed by atoms with Crippen molar-refractivity contribution in [3.63, 3.8) is 0 Å². The average molecular weight is 275 g/mol. The van der Waals surface area contributed by atoms with Gasteiger partial charge in [0.1, 0.15) is 6.04 Å². The molecule has 2 atom stereocenters. The van der Waals surface area contributed by atoms with Gasteiger partial charge >= 0.3 is 0 Å². The Morgan fingerprint density at radius 3 is 2.33 bits per heavy atom. The van der Waals surface area contributed by atoms with Crippen LogP contribution in [0.1, 0.15) is 34.5 Å². The third kappa shape index (κ3) is 1.60. The van der Waals surface area contributed by atoms with Gasteiger partial charge in [-0.15, -0.1) is 0 Å². The highest BCUT2D eigenvalue weighted by Gasteiger charge is 2.46. The second-order valence-corrected chi connectivity index (χ2v) is 5.88. The van der Waals surface area contributed by atoms with E-state index >= 15 is 0 Å². The lowest BCUT2D eigenvalue weighted by atomic mass is 9.89. The molecule has 2 heterocycles. The van der Waals surface area contributed by atoms with Gasteiger partial charge in [0.05, 0.1) is 6.04 Å². The van der Waals surface area contributed by atoms with Crippen molar-refractivity contribution in [3.8, 4) is 0 Å². The number of hydrogen-bond acceptors (Lipinski definition) is 2. The predicted molar refractivity (Wildman–Crippen MR) is 84.1 cm³/mol. The van der Waals surface area contributed by atoms with Crippen molar-refractivity contribution in [2.75, 3.05) is 7.05 Å². The van der Waals surface area contributed by atoms with Gasteiger partial charge in [-0.25, -0.2) is 0 Å². The fourth-order valence-electron chi connectivity index (χ4n) is 3.90. The van der Waals surface area contributed by atoms with Crippen LogP contribution in [-0.4, -0.2) is 23.8 Å². The maximum absolute atomic E-state index is 12.9. The summed E-state index contributed by atoms with van der Waals surface area (Å²) in [5.41, 5.74) is 5.67. The fourth-order valence-corrected chi connectivity index (χ4v) is 3.90. The van der Waals surface area contributed by atoms with Crippen molar-refractivity contribution in [2.24, 2.45) is 0 Å². The maximum Gasteiger partial charge on any atom is 0.184 e. The zero-order valence-electron chi connectivity index (χ0n) is 12.2. The minimum Gasteiger partial charge on any atom is -0.292 e. The van der Waals surface area contributed by atoms with E-state index < -0.39 is 0 Å². The molecule has 0 amide bonds. The van der Waals surface area contributed by atoms with Crippen molar-refractivity contribution < 1.29 is 4.79 Å². The molecular formula is C19H17NO. The van der Waals surface area contributed by atoms with Crippen LogP contribution < -0.4 is 0 Å². The molecule has 2 aliphatic rings. The number of carbonyl (C=O) groups excluding carboxylic acids is 1. The number of fused-ring (bicyclic) bond motifs is 4. The van der Waals surface area contributed by atoms with E-state index in [4.69, 9.17) is 0 Å². The first-order valence-electron chi connectivity index (χ1n) is 7.31. The van der Waals surface area contributed by atoms with E-state index in [9.17, 15) is 4.79 Å². The predicted octanol–water partition coefficient (Wildman–Crippen LogP) is 3.71. The Bertz CT molecular complexity index is 760. The lowest BCUT2D eigenvalue weighted by molar-refractivity contribution is 0.0864. The molecule has 2 unspecified atom stereocenters. The Morgan fingerprint density at radius 1 is 0.905 bits per heavy atom. The van der Waals surface area contributed by atoms with Gasteiger partial charge in [-0.3, -0.25) is 9.69 Å². The number of likely N-dealkylation sites (N-methyl/N-ethyl adjacent to an activating group) is 1. The lowest BCUT2D eigenvalue weighted by Crippen LogP contribution is -2.41. The van der Waals surface area contributed by atoms with E-state index in [1.54, 1.807) is 0 Å². The monoisotopic (exact) mass is 275 g/mol. The Kier molecular flexibility index (Phi) is 2.63. The van der Waals surface area contributed by atoms with Crippen LogP contribution in [0.3, 0.4) is 0 Å². The van der Waals surface area contributed by atoms with Gasteiger partial charge in [0, 0.05) is 5.56 Å². The third-order valence-electron chi connectivity index (χ3n) is 4.78. The first-order valence-corrected chi connectivity index (χ1v) is 7.31. The molecule has 0 aliphatic carbocycles. The standard InChI is InChI=1S/C19H17NO/c1-12-16(13-8-4-3-5-9-13)18-19(21)15-11-7-6-10-14(15)17(12)20(18)2/h3-11,17-18H,1-2H3. The SMILES string of the molecule is CC1=C(c2ccccc2)C2C(=O)c3ccccc3C1N2C. The molecule has 0 saturated heterocycles. The number of benzene rings is 2. The second kappa shape index (κ2) is 4.40. The minimum atomic E-state index is -0.146. The molecule has 0 fully saturated rings. The van der Waals surface area contributed by atoms with Gasteiger partial charge in [0.15, 0.2) is 5.78 Å². The van der Waals surface area contributed by atoms with Crippen molar-refractivity contribution in [1.29, 1.82) is 0 Å². The zero-order valence-corrected chi connectivity index (χ0v) is 12.2. The Balaban J connectivity index is 1.96. The molecule has 0 spiro atoms. The average Bonchev–Trinajstić information content (AvgIpc) is 2.72. The Hall–Kier alpha value is -2.19. The number of carbonyl (C=O) groups is 1. The molecule has 0 radical (unpaired) electrons. The van der Waals surface area contributed by atoms with Crippen LogP contribution in [-0.2, 0) is 0 Å². The second-order valence-electron chi connectivity index (χ2n) is 5.88. The molecule has 2 nitrogen and oxygen atoms in total. The highest BCUT2D eigenvalue weighted by Crippen LogP contribution is 2.49.